The van der Waals surface area contributed by atoms with Gasteiger partial charge in [-0.1, -0.05) is 6.42 Å². The molecule has 0 spiro atoms. The number of hydrogen-bond donors (Lipinski definition) is 0. The van der Waals surface area contributed by atoms with E-state index in [0.717, 1.165) is 13.1 Å². The number of fused-ring (bicyclic) bond motifs is 1. The third-order valence-electron chi connectivity index (χ3n) is 3.42. The molecule has 14 heavy (non-hydrogen) atoms. The van der Waals surface area contributed by atoms with Crippen LogP contribution in [0.15, 0.2) is 0 Å². The van der Waals surface area contributed by atoms with Crippen LogP contribution in [0.3, 0.4) is 0 Å². The highest BCUT2D eigenvalue weighted by Crippen LogP contribution is 2.38. The van der Waals surface area contributed by atoms with Gasteiger partial charge in [-0.15, -0.1) is 11.6 Å². The average Bonchev–Trinajstić information content (AvgIpc) is 2.60. The molecule has 0 radical (unpaired) electrons. The summed E-state index contributed by atoms with van der Waals surface area (Å²) in [4.78, 5) is 0. The fourth-order valence-corrected chi connectivity index (χ4v) is 4.52. The zero-order valence-electron chi connectivity index (χ0n) is 8.15. The lowest BCUT2D eigenvalue weighted by Gasteiger charge is -2.16. The van der Waals surface area contributed by atoms with Crippen molar-refractivity contribution in [3.05, 3.63) is 0 Å². The van der Waals surface area contributed by atoms with E-state index in [1.54, 1.807) is 4.31 Å². The van der Waals surface area contributed by atoms with Gasteiger partial charge in [-0.25, -0.2) is 12.7 Å². The molecule has 0 aromatic carbocycles. The van der Waals surface area contributed by atoms with Crippen LogP contribution in [0, 0.1) is 11.8 Å². The molecule has 0 bridgehead atoms. The maximum absolute atomic E-state index is 11.7. The molecule has 0 aromatic heterocycles. The Labute approximate surface area is 90.5 Å². The van der Waals surface area contributed by atoms with Gasteiger partial charge in [-0.2, -0.15) is 0 Å². The van der Waals surface area contributed by atoms with Crippen molar-refractivity contribution in [3.63, 3.8) is 0 Å². The van der Waals surface area contributed by atoms with Gasteiger partial charge in [0, 0.05) is 19.0 Å². The molecule has 3 nitrogen and oxygen atoms in total. The standard InChI is InChI=1S/C9H16ClNO2S/c10-4-5-14(12,13)11-6-8-2-1-3-9(8)7-11/h8-9H,1-7H2. The first-order valence-electron chi connectivity index (χ1n) is 5.17. The van der Waals surface area contributed by atoms with Gasteiger partial charge in [-0.3, -0.25) is 0 Å². The number of halogens is 1. The maximum Gasteiger partial charge on any atom is 0.215 e. The highest BCUT2D eigenvalue weighted by Gasteiger charge is 2.40. The lowest BCUT2D eigenvalue weighted by Crippen LogP contribution is -2.32. The van der Waals surface area contributed by atoms with E-state index in [1.807, 2.05) is 0 Å². The molecule has 82 valence electrons. The van der Waals surface area contributed by atoms with Crippen molar-refractivity contribution in [2.45, 2.75) is 19.3 Å². The molecule has 2 aliphatic rings. The van der Waals surface area contributed by atoms with Crippen LogP contribution < -0.4 is 0 Å². The predicted octanol–water partition coefficient (Wildman–Crippen LogP) is 1.29. The second-order valence-electron chi connectivity index (χ2n) is 4.27. The molecule has 0 N–H and O–H groups in total. The summed E-state index contributed by atoms with van der Waals surface area (Å²) < 4.78 is 25.1. The van der Waals surface area contributed by atoms with Gasteiger partial charge in [0.05, 0.1) is 5.75 Å². The van der Waals surface area contributed by atoms with Crippen LogP contribution in [0.2, 0.25) is 0 Å². The molecule has 1 aliphatic carbocycles. The van der Waals surface area contributed by atoms with E-state index in [-0.39, 0.29) is 11.6 Å². The zero-order chi connectivity index (χ0) is 10.2. The van der Waals surface area contributed by atoms with Gasteiger partial charge in [-0.05, 0) is 24.7 Å². The first-order chi connectivity index (χ1) is 6.63. The van der Waals surface area contributed by atoms with E-state index >= 15 is 0 Å². The van der Waals surface area contributed by atoms with Crippen LogP contribution in [0.25, 0.3) is 0 Å². The Kier molecular flexibility index (Phi) is 3.05. The third kappa shape index (κ3) is 1.92. The lowest BCUT2D eigenvalue weighted by atomic mass is 10.0. The van der Waals surface area contributed by atoms with E-state index in [0.29, 0.717) is 11.8 Å². The average molecular weight is 238 g/mol. The number of hydrogen-bond acceptors (Lipinski definition) is 2. The number of alkyl halides is 1. The highest BCUT2D eigenvalue weighted by molar-refractivity contribution is 7.89. The van der Waals surface area contributed by atoms with Crippen molar-refractivity contribution >= 4 is 21.6 Å². The molecule has 1 saturated carbocycles. The van der Waals surface area contributed by atoms with E-state index in [1.165, 1.54) is 19.3 Å². The van der Waals surface area contributed by atoms with Crippen molar-refractivity contribution < 1.29 is 8.42 Å². The van der Waals surface area contributed by atoms with Crippen LogP contribution >= 0.6 is 11.6 Å². The summed E-state index contributed by atoms with van der Waals surface area (Å²) in [6.07, 6.45) is 3.69. The van der Waals surface area contributed by atoms with Crippen molar-refractivity contribution in [1.82, 2.24) is 4.31 Å². The Morgan fingerprint density at radius 1 is 1.21 bits per heavy atom. The van der Waals surface area contributed by atoms with Crippen LogP contribution in [0.4, 0.5) is 0 Å². The molecule has 2 atom stereocenters. The summed E-state index contributed by atoms with van der Waals surface area (Å²) in [5.41, 5.74) is 0. The Morgan fingerprint density at radius 3 is 2.29 bits per heavy atom. The summed E-state index contributed by atoms with van der Waals surface area (Å²) in [7, 11) is -3.05. The molecule has 5 heteroatoms. The minimum Gasteiger partial charge on any atom is -0.212 e. The molecule has 2 unspecified atom stereocenters. The van der Waals surface area contributed by atoms with Crippen molar-refractivity contribution in [2.75, 3.05) is 24.7 Å². The zero-order valence-corrected chi connectivity index (χ0v) is 9.73. The Morgan fingerprint density at radius 2 is 1.79 bits per heavy atom. The van der Waals surface area contributed by atoms with Crippen LogP contribution in [0.1, 0.15) is 19.3 Å². The van der Waals surface area contributed by atoms with Crippen molar-refractivity contribution in [2.24, 2.45) is 11.8 Å². The largest absolute Gasteiger partial charge is 0.215 e. The van der Waals surface area contributed by atoms with Gasteiger partial charge >= 0.3 is 0 Å². The Bertz CT molecular complexity index is 292. The molecule has 2 rings (SSSR count). The summed E-state index contributed by atoms with van der Waals surface area (Å²) >= 11 is 5.48. The fourth-order valence-electron chi connectivity index (χ4n) is 2.65. The maximum atomic E-state index is 11.7. The monoisotopic (exact) mass is 237 g/mol. The first-order valence-corrected chi connectivity index (χ1v) is 7.31. The van der Waals surface area contributed by atoms with Gasteiger partial charge in [0.1, 0.15) is 0 Å². The van der Waals surface area contributed by atoms with E-state index in [4.69, 9.17) is 11.6 Å². The quantitative estimate of drug-likeness (QED) is 0.694. The molecular formula is C9H16ClNO2S. The summed E-state index contributed by atoms with van der Waals surface area (Å²) in [5, 5.41) is 0. The summed E-state index contributed by atoms with van der Waals surface area (Å²) in [6.45, 7) is 1.48. The Balaban J connectivity index is 2.02. The van der Waals surface area contributed by atoms with E-state index in [2.05, 4.69) is 0 Å². The second kappa shape index (κ2) is 3.99. The van der Waals surface area contributed by atoms with Crippen molar-refractivity contribution in [1.29, 1.82) is 0 Å². The van der Waals surface area contributed by atoms with Crippen LogP contribution in [0.5, 0.6) is 0 Å². The molecule has 1 heterocycles. The lowest BCUT2D eigenvalue weighted by molar-refractivity contribution is 0.446. The van der Waals surface area contributed by atoms with E-state index in [9.17, 15) is 8.42 Å². The molecule has 2 fully saturated rings. The minimum atomic E-state index is -3.05. The fraction of sp³-hybridized carbons (Fsp3) is 1.00. The van der Waals surface area contributed by atoms with E-state index < -0.39 is 10.0 Å². The summed E-state index contributed by atoms with van der Waals surface area (Å²) in [5.74, 6) is 1.54. The molecule has 0 amide bonds. The third-order valence-corrected chi connectivity index (χ3v) is 5.64. The van der Waals surface area contributed by atoms with Crippen LogP contribution in [-0.2, 0) is 10.0 Å². The molecule has 1 saturated heterocycles. The van der Waals surface area contributed by atoms with Gasteiger partial charge in [0.25, 0.3) is 0 Å². The van der Waals surface area contributed by atoms with Crippen LogP contribution in [-0.4, -0.2) is 37.4 Å². The molecule has 0 aromatic rings. The van der Waals surface area contributed by atoms with Crippen molar-refractivity contribution in [3.8, 4) is 0 Å². The van der Waals surface area contributed by atoms with Gasteiger partial charge < -0.3 is 0 Å². The van der Waals surface area contributed by atoms with Gasteiger partial charge in [0.2, 0.25) is 10.0 Å². The molecular weight excluding hydrogens is 222 g/mol. The minimum absolute atomic E-state index is 0.0913. The van der Waals surface area contributed by atoms with Gasteiger partial charge in [0.15, 0.2) is 0 Å². The second-order valence-corrected chi connectivity index (χ2v) is 6.74. The predicted molar refractivity (Wildman–Crippen MR) is 56.9 cm³/mol. The topological polar surface area (TPSA) is 37.4 Å². The number of rotatable bonds is 3. The number of sulfonamides is 1. The highest BCUT2D eigenvalue weighted by atomic mass is 35.5. The first kappa shape index (κ1) is 10.7. The number of nitrogens with zero attached hydrogens (tertiary/aromatic N) is 1. The SMILES string of the molecule is O=S(=O)(CCCl)N1CC2CCCC2C1. The molecule has 1 aliphatic heterocycles. The smallest absolute Gasteiger partial charge is 0.212 e. The normalized spacial score (nSPS) is 33.5. The Hall–Kier alpha value is 0.200. The summed E-state index contributed by atoms with van der Waals surface area (Å²) in [6, 6.07) is 0.